The lowest BCUT2D eigenvalue weighted by Crippen LogP contribution is -2.34. The summed E-state index contributed by atoms with van der Waals surface area (Å²) in [5, 5.41) is 3.53. The van der Waals surface area contributed by atoms with Gasteiger partial charge in [0.1, 0.15) is 0 Å². The fourth-order valence-electron chi connectivity index (χ4n) is 3.08. The maximum Gasteiger partial charge on any atom is 0.0423 e. The fourth-order valence-corrected chi connectivity index (χ4v) is 3.43. The monoisotopic (exact) mass is 338 g/mol. The van der Waals surface area contributed by atoms with E-state index in [9.17, 15) is 0 Å². The van der Waals surface area contributed by atoms with Crippen LogP contribution in [0.3, 0.4) is 0 Å². The zero-order valence-corrected chi connectivity index (χ0v) is 14.4. The van der Waals surface area contributed by atoms with Crippen LogP contribution in [0.4, 0.5) is 5.69 Å². The van der Waals surface area contributed by atoms with Crippen molar-refractivity contribution < 1.29 is 0 Å². The summed E-state index contributed by atoms with van der Waals surface area (Å²) in [6, 6.07) is 7.39. The van der Waals surface area contributed by atoms with Crippen LogP contribution in [-0.2, 0) is 6.54 Å². The van der Waals surface area contributed by atoms with Crippen LogP contribution in [0.15, 0.2) is 22.7 Å². The molecule has 0 heterocycles. The second kappa shape index (κ2) is 8.04. The van der Waals surface area contributed by atoms with Gasteiger partial charge >= 0.3 is 0 Å². The van der Waals surface area contributed by atoms with Crippen LogP contribution >= 0.6 is 15.9 Å². The van der Waals surface area contributed by atoms with Gasteiger partial charge < -0.3 is 10.2 Å². The molecule has 0 atom stereocenters. The highest BCUT2D eigenvalue weighted by atomic mass is 79.9. The van der Waals surface area contributed by atoms with Gasteiger partial charge in [-0.25, -0.2) is 0 Å². The lowest BCUT2D eigenvalue weighted by Gasteiger charge is -2.34. The van der Waals surface area contributed by atoms with Crippen LogP contribution in [0.25, 0.3) is 0 Å². The third-order valence-corrected chi connectivity index (χ3v) is 4.79. The molecular weight excluding hydrogens is 312 g/mol. The summed E-state index contributed by atoms with van der Waals surface area (Å²) >= 11 is 3.62. The summed E-state index contributed by atoms with van der Waals surface area (Å²) in [6.07, 6.45) is 8.03. The van der Waals surface area contributed by atoms with Crippen LogP contribution in [-0.4, -0.2) is 19.6 Å². The molecule has 0 aromatic heterocycles. The highest BCUT2D eigenvalue weighted by molar-refractivity contribution is 9.10. The quantitative estimate of drug-likeness (QED) is 0.755. The largest absolute Gasteiger partial charge is 0.371 e. The molecule has 0 bridgehead atoms. The van der Waals surface area contributed by atoms with Crippen LogP contribution in [0.1, 0.15) is 51.0 Å². The minimum Gasteiger partial charge on any atom is -0.371 e. The summed E-state index contributed by atoms with van der Waals surface area (Å²) in [4.78, 5) is 2.51. The molecule has 1 aromatic carbocycles. The van der Waals surface area contributed by atoms with Gasteiger partial charge in [0.25, 0.3) is 0 Å². The topological polar surface area (TPSA) is 15.3 Å². The van der Waals surface area contributed by atoms with Crippen molar-refractivity contribution in [1.29, 1.82) is 0 Å². The van der Waals surface area contributed by atoms with Crippen molar-refractivity contribution in [3.05, 3.63) is 28.2 Å². The van der Waals surface area contributed by atoms with E-state index in [-0.39, 0.29) is 0 Å². The summed E-state index contributed by atoms with van der Waals surface area (Å²) in [7, 11) is 2.26. The van der Waals surface area contributed by atoms with Gasteiger partial charge in [0.15, 0.2) is 0 Å². The Balaban J connectivity index is 2.12. The number of anilines is 1. The van der Waals surface area contributed by atoms with Gasteiger partial charge in [0, 0.05) is 29.8 Å². The van der Waals surface area contributed by atoms with E-state index in [1.54, 1.807) is 0 Å². The summed E-state index contributed by atoms with van der Waals surface area (Å²) in [5.74, 6) is 0. The van der Waals surface area contributed by atoms with E-state index in [0.29, 0.717) is 6.04 Å². The van der Waals surface area contributed by atoms with Crippen molar-refractivity contribution in [3.63, 3.8) is 0 Å². The predicted octanol–water partition coefficient (Wildman–Crippen LogP) is 4.72. The number of benzene rings is 1. The molecule has 1 N–H and O–H groups in total. The van der Waals surface area contributed by atoms with Crippen molar-refractivity contribution in [2.45, 2.75) is 58.0 Å². The highest BCUT2D eigenvalue weighted by Gasteiger charge is 2.20. The fraction of sp³-hybridized carbons (Fsp3) is 0.647. The maximum atomic E-state index is 3.62. The molecule has 0 saturated heterocycles. The molecule has 1 aliphatic rings. The molecule has 1 aliphatic carbocycles. The van der Waals surface area contributed by atoms with E-state index in [0.717, 1.165) is 13.1 Å². The van der Waals surface area contributed by atoms with E-state index in [1.165, 1.54) is 54.2 Å². The van der Waals surface area contributed by atoms with Gasteiger partial charge in [-0.3, -0.25) is 0 Å². The Morgan fingerprint density at radius 1 is 1.25 bits per heavy atom. The first kappa shape index (κ1) is 15.8. The van der Waals surface area contributed by atoms with Crippen molar-refractivity contribution in [2.24, 2.45) is 0 Å². The van der Waals surface area contributed by atoms with Gasteiger partial charge in [-0.05, 0) is 43.5 Å². The minimum atomic E-state index is 0.711. The zero-order chi connectivity index (χ0) is 14.4. The van der Waals surface area contributed by atoms with E-state index < -0.39 is 0 Å². The van der Waals surface area contributed by atoms with E-state index in [4.69, 9.17) is 0 Å². The zero-order valence-electron chi connectivity index (χ0n) is 12.8. The number of nitrogens with zero attached hydrogens (tertiary/aromatic N) is 1. The van der Waals surface area contributed by atoms with Crippen LogP contribution in [0.2, 0.25) is 0 Å². The minimum absolute atomic E-state index is 0.711. The second-order valence-corrected chi connectivity index (χ2v) is 6.77. The molecule has 112 valence electrons. The van der Waals surface area contributed by atoms with Crippen molar-refractivity contribution in [1.82, 2.24) is 5.32 Å². The Bertz CT molecular complexity index is 413. The lowest BCUT2D eigenvalue weighted by atomic mass is 9.94. The van der Waals surface area contributed by atoms with Gasteiger partial charge in [-0.1, -0.05) is 48.2 Å². The molecule has 1 fully saturated rings. The van der Waals surface area contributed by atoms with Crippen molar-refractivity contribution in [3.8, 4) is 0 Å². The molecule has 2 rings (SSSR count). The second-order valence-electron chi connectivity index (χ2n) is 5.85. The Labute approximate surface area is 132 Å². The number of halogens is 1. The highest BCUT2D eigenvalue weighted by Crippen LogP contribution is 2.30. The smallest absolute Gasteiger partial charge is 0.0423 e. The Hall–Kier alpha value is -0.540. The third kappa shape index (κ3) is 4.23. The van der Waals surface area contributed by atoms with E-state index in [2.05, 4.69) is 58.3 Å². The number of hydrogen-bond acceptors (Lipinski definition) is 2. The summed E-state index contributed by atoms with van der Waals surface area (Å²) in [5.41, 5.74) is 2.80. The van der Waals surface area contributed by atoms with Crippen LogP contribution < -0.4 is 10.2 Å². The van der Waals surface area contributed by atoms with Crippen molar-refractivity contribution in [2.75, 3.05) is 18.5 Å². The first-order valence-electron chi connectivity index (χ1n) is 7.94. The Morgan fingerprint density at radius 2 is 2.00 bits per heavy atom. The summed E-state index contributed by atoms with van der Waals surface area (Å²) in [6.45, 7) is 4.26. The molecule has 3 heteroatoms. The van der Waals surface area contributed by atoms with Crippen LogP contribution in [0.5, 0.6) is 0 Å². The molecular formula is C17H27BrN2. The van der Waals surface area contributed by atoms with E-state index in [1.807, 2.05) is 0 Å². The Morgan fingerprint density at radius 3 is 2.70 bits per heavy atom. The van der Waals surface area contributed by atoms with Gasteiger partial charge in [0.05, 0.1) is 0 Å². The number of hydrogen-bond donors (Lipinski definition) is 1. The SMILES string of the molecule is CCCNCc1ccc(Br)cc1N(C)C1CCCCC1. The average Bonchev–Trinajstić information content (AvgIpc) is 2.49. The van der Waals surface area contributed by atoms with Gasteiger partial charge in [-0.15, -0.1) is 0 Å². The molecule has 1 saturated carbocycles. The van der Waals surface area contributed by atoms with E-state index >= 15 is 0 Å². The first-order valence-corrected chi connectivity index (χ1v) is 8.73. The van der Waals surface area contributed by atoms with Crippen LogP contribution in [0, 0.1) is 0 Å². The Kier molecular flexibility index (Phi) is 6.37. The molecule has 0 amide bonds. The predicted molar refractivity (Wildman–Crippen MR) is 91.4 cm³/mol. The molecule has 0 aliphatic heterocycles. The lowest BCUT2D eigenvalue weighted by molar-refractivity contribution is 0.427. The summed E-state index contributed by atoms with van der Waals surface area (Å²) < 4.78 is 1.18. The van der Waals surface area contributed by atoms with Gasteiger partial charge in [0.2, 0.25) is 0 Å². The molecule has 0 spiro atoms. The maximum absolute atomic E-state index is 3.62. The average molecular weight is 339 g/mol. The molecule has 0 radical (unpaired) electrons. The molecule has 0 unspecified atom stereocenters. The number of rotatable bonds is 6. The standard InChI is InChI=1S/C17H27BrN2/c1-3-11-19-13-14-9-10-15(18)12-17(14)20(2)16-7-5-4-6-8-16/h9-10,12,16,19H,3-8,11,13H2,1-2H3. The number of nitrogens with one attached hydrogen (secondary N) is 1. The molecule has 2 nitrogen and oxygen atoms in total. The third-order valence-electron chi connectivity index (χ3n) is 4.29. The first-order chi connectivity index (χ1) is 9.72. The van der Waals surface area contributed by atoms with Gasteiger partial charge in [-0.2, -0.15) is 0 Å². The molecule has 1 aromatic rings. The normalized spacial score (nSPS) is 16.4. The molecule has 20 heavy (non-hydrogen) atoms. The van der Waals surface area contributed by atoms with Crippen molar-refractivity contribution >= 4 is 21.6 Å².